The lowest BCUT2D eigenvalue weighted by Gasteiger charge is -2.46. The first-order chi connectivity index (χ1) is 13.0. The number of carbonyl (C=O) groups excluding carboxylic acids is 3. The van der Waals surface area contributed by atoms with Gasteiger partial charge < -0.3 is 20.1 Å². The molecule has 7 heteroatoms. The average molecular weight is 374 g/mol. The van der Waals surface area contributed by atoms with Crippen LogP contribution in [-0.2, 0) is 9.59 Å². The molecule has 2 aliphatic heterocycles. The van der Waals surface area contributed by atoms with Gasteiger partial charge >= 0.3 is 0 Å². The quantitative estimate of drug-likeness (QED) is 0.754. The summed E-state index contributed by atoms with van der Waals surface area (Å²) < 4.78 is 5.55. The first-order valence-electron chi connectivity index (χ1n) is 9.46. The molecule has 2 amide bonds. The monoisotopic (exact) mass is 374 g/mol. The van der Waals surface area contributed by atoms with Gasteiger partial charge in [-0.15, -0.1) is 0 Å². The summed E-state index contributed by atoms with van der Waals surface area (Å²) in [6.07, 6.45) is 1.47. The number of nitrogens with one attached hydrogen (secondary N) is 1. The predicted octanol–water partition coefficient (Wildman–Crippen LogP) is 1.15. The molecule has 0 bridgehead atoms. The summed E-state index contributed by atoms with van der Waals surface area (Å²) in [5.41, 5.74) is -0.291. The Labute approximate surface area is 158 Å². The van der Waals surface area contributed by atoms with Crippen molar-refractivity contribution in [2.24, 2.45) is 5.41 Å². The van der Waals surface area contributed by atoms with Crippen LogP contribution in [0.4, 0.5) is 0 Å². The average Bonchev–Trinajstić information content (AvgIpc) is 2.70. The topological polar surface area (TPSA) is 95.9 Å². The minimum Gasteiger partial charge on any atom is -0.484 e. The highest BCUT2D eigenvalue weighted by Crippen LogP contribution is 2.37. The maximum Gasteiger partial charge on any atom is 0.260 e. The van der Waals surface area contributed by atoms with Gasteiger partial charge in [-0.25, -0.2) is 0 Å². The summed E-state index contributed by atoms with van der Waals surface area (Å²) in [5, 5.41) is 13.2. The lowest BCUT2D eigenvalue weighted by Crippen LogP contribution is -2.62. The van der Waals surface area contributed by atoms with Gasteiger partial charge in [0.05, 0.1) is 11.5 Å². The first-order valence-corrected chi connectivity index (χ1v) is 9.46. The molecule has 3 rings (SSSR count). The van der Waals surface area contributed by atoms with Crippen LogP contribution in [0.3, 0.4) is 0 Å². The minimum atomic E-state index is -0.908. The number of ether oxygens (including phenoxy) is 1. The zero-order chi connectivity index (χ0) is 19.4. The first kappa shape index (κ1) is 19.4. The van der Waals surface area contributed by atoms with Crippen molar-refractivity contribution in [1.29, 1.82) is 0 Å². The van der Waals surface area contributed by atoms with Gasteiger partial charge in [-0.2, -0.15) is 0 Å². The number of Topliss-reactive ketones (excluding diaryl/α,β-unsaturated/α-hetero) is 1. The zero-order valence-electron chi connectivity index (χ0n) is 15.6. The Bertz CT molecular complexity index is 718. The maximum atomic E-state index is 12.6. The Kier molecular flexibility index (Phi) is 5.79. The third-order valence-electron chi connectivity index (χ3n) is 5.53. The van der Waals surface area contributed by atoms with Crippen LogP contribution in [0.5, 0.6) is 5.75 Å². The lowest BCUT2D eigenvalue weighted by atomic mass is 9.71. The van der Waals surface area contributed by atoms with Gasteiger partial charge in [0.1, 0.15) is 5.75 Å². The maximum absolute atomic E-state index is 12.6. The van der Waals surface area contributed by atoms with E-state index in [0.717, 1.165) is 6.42 Å². The summed E-state index contributed by atoms with van der Waals surface area (Å²) in [6, 6.07) is 6.72. The van der Waals surface area contributed by atoms with Crippen LogP contribution in [0.1, 0.15) is 43.0 Å². The summed E-state index contributed by atoms with van der Waals surface area (Å²) in [7, 11) is 0. The van der Waals surface area contributed by atoms with Crippen molar-refractivity contribution in [2.75, 3.05) is 26.2 Å². The summed E-state index contributed by atoms with van der Waals surface area (Å²) >= 11 is 0. The molecular weight excluding hydrogens is 348 g/mol. The van der Waals surface area contributed by atoms with Crippen LogP contribution in [0, 0.1) is 5.41 Å². The number of aliphatic hydroxyl groups is 1. The Morgan fingerprint density at radius 3 is 2.74 bits per heavy atom. The van der Waals surface area contributed by atoms with E-state index >= 15 is 0 Å². The molecule has 7 nitrogen and oxygen atoms in total. The molecule has 2 heterocycles. The molecule has 0 saturated carbocycles. The number of hydrogen-bond acceptors (Lipinski definition) is 5. The molecule has 1 aromatic rings. The van der Waals surface area contributed by atoms with E-state index in [1.165, 1.54) is 0 Å². The van der Waals surface area contributed by atoms with Crippen molar-refractivity contribution in [3.63, 3.8) is 0 Å². The van der Waals surface area contributed by atoms with Crippen LogP contribution in [-0.4, -0.2) is 59.9 Å². The van der Waals surface area contributed by atoms with Crippen molar-refractivity contribution in [3.05, 3.63) is 29.8 Å². The zero-order valence-corrected chi connectivity index (χ0v) is 15.6. The molecule has 2 N–H and O–H groups in total. The summed E-state index contributed by atoms with van der Waals surface area (Å²) in [5.74, 6) is 0.183. The predicted molar refractivity (Wildman–Crippen MR) is 98.4 cm³/mol. The number of piperidine rings is 2. The van der Waals surface area contributed by atoms with Crippen LogP contribution < -0.4 is 10.1 Å². The molecule has 2 saturated heterocycles. The number of likely N-dealkylation sites (tertiary alicyclic amines) is 1. The Morgan fingerprint density at radius 2 is 2.07 bits per heavy atom. The molecule has 1 spiro atoms. The van der Waals surface area contributed by atoms with E-state index in [0.29, 0.717) is 43.7 Å². The minimum absolute atomic E-state index is 0.0561. The lowest BCUT2D eigenvalue weighted by molar-refractivity contribution is -0.155. The second-order valence-electron chi connectivity index (χ2n) is 7.23. The highest BCUT2D eigenvalue weighted by Gasteiger charge is 2.50. The van der Waals surface area contributed by atoms with Gasteiger partial charge in [-0.05, 0) is 43.5 Å². The van der Waals surface area contributed by atoms with Crippen molar-refractivity contribution in [2.45, 2.75) is 38.7 Å². The van der Waals surface area contributed by atoms with Gasteiger partial charge in [-0.1, -0.05) is 6.92 Å². The van der Waals surface area contributed by atoms with E-state index in [1.54, 1.807) is 36.1 Å². The number of nitrogens with zero attached hydrogens (tertiary/aromatic N) is 1. The second kappa shape index (κ2) is 8.08. The van der Waals surface area contributed by atoms with Gasteiger partial charge in [0.2, 0.25) is 5.91 Å². The van der Waals surface area contributed by atoms with Crippen LogP contribution in [0.15, 0.2) is 24.3 Å². The molecule has 0 aliphatic carbocycles. The Balaban J connectivity index is 1.59. The van der Waals surface area contributed by atoms with Crippen LogP contribution in [0.25, 0.3) is 0 Å². The number of benzene rings is 1. The molecule has 2 fully saturated rings. The SMILES string of the molecule is CCC(=O)c1ccc(OCC(=O)N2CC[C@H](O)[C@@]3(CCCNC3=O)C2)cc1. The van der Waals surface area contributed by atoms with Crippen LogP contribution in [0.2, 0.25) is 0 Å². The normalized spacial score (nSPS) is 25.2. The number of carbonyl (C=O) groups is 3. The van der Waals surface area contributed by atoms with E-state index in [1.807, 2.05) is 0 Å². The molecule has 146 valence electrons. The summed E-state index contributed by atoms with van der Waals surface area (Å²) in [6.45, 7) is 2.89. The number of hydrogen-bond donors (Lipinski definition) is 2. The van der Waals surface area contributed by atoms with Gasteiger partial charge in [0, 0.05) is 31.6 Å². The van der Waals surface area contributed by atoms with Crippen LogP contribution >= 0.6 is 0 Å². The number of aliphatic hydroxyl groups excluding tert-OH is 1. The molecule has 0 radical (unpaired) electrons. The van der Waals surface area contributed by atoms with E-state index in [4.69, 9.17) is 4.74 Å². The fourth-order valence-corrected chi connectivity index (χ4v) is 3.83. The largest absolute Gasteiger partial charge is 0.484 e. The molecule has 2 atom stereocenters. The summed E-state index contributed by atoms with van der Waals surface area (Å²) in [4.78, 5) is 38.2. The van der Waals surface area contributed by atoms with Crippen molar-refractivity contribution < 1.29 is 24.2 Å². The highest BCUT2D eigenvalue weighted by molar-refractivity contribution is 5.95. The van der Waals surface area contributed by atoms with Gasteiger partial charge in [-0.3, -0.25) is 14.4 Å². The molecule has 27 heavy (non-hydrogen) atoms. The Hall–Kier alpha value is -2.41. The molecule has 0 aromatic heterocycles. The van der Waals surface area contributed by atoms with Gasteiger partial charge in [0.15, 0.2) is 12.4 Å². The number of ketones is 1. The van der Waals surface area contributed by atoms with E-state index in [2.05, 4.69) is 5.32 Å². The third-order valence-corrected chi connectivity index (χ3v) is 5.53. The second-order valence-corrected chi connectivity index (χ2v) is 7.23. The molecule has 2 aliphatic rings. The molecular formula is C20H26N2O5. The fourth-order valence-electron chi connectivity index (χ4n) is 3.83. The smallest absolute Gasteiger partial charge is 0.260 e. The third kappa shape index (κ3) is 3.98. The Morgan fingerprint density at radius 1 is 1.33 bits per heavy atom. The molecule has 1 aromatic carbocycles. The fraction of sp³-hybridized carbons (Fsp3) is 0.550. The number of amides is 2. The number of rotatable bonds is 5. The highest BCUT2D eigenvalue weighted by atomic mass is 16.5. The van der Waals surface area contributed by atoms with E-state index < -0.39 is 11.5 Å². The van der Waals surface area contributed by atoms with Crippen molar-refractivity contribution in [3.8, 4) is 5.75 Å². The van der Waals surface area contributed by atoms with Gasteiger partial charge in [0.25, 0.3) is 5.91 Å². The molecule has 0 unspecified atom stereocenters. The van der Waals surface area contributed by atoms with E-state index in [-0.39, 0.29) is 30.7 Å². The van der Waals surface area contributed by atoms with E-state index in [9.17, 15) is 19.5 Å². The standard InChI is InChI=1S/C20H26N2O5/c1-2-16(23)14-4-6-15(7-5-14)27-12-18(25)22-11-8-17(24)20(13-22)9-3-10-21-19(20)26/h4-7,17,24H,2-3,8-13H2,1H3,(H,21,26)/t17-,20+/m0/s1. The van der Waals surface area contributed by atoms with Crippen molar-refractivity contribution >= 4 is 17.6 Å². The van der Waals surface area contributed by atoms with Crippen molar-refractivity contribution in [1.82, 2.24) is 10.2 Å².